The Bertz CT molecular complexity index is 1660. The molecular weight excluding hydrogens is 549 g/mol. The summed E-state index contributed by atoms with van der Waals surface area (Å²) in [5.41, 5.74) is 0.827. The molecule has 13 heteroatoms. The van der Waals surface area contributed by atoms with E-state index >= 15 is 0 Å². The van der Waals surface area contributed by atoms with Crippen LogP contribution in [-0.2, 0) is 12.7 Å². The molecule has 0 aliphatic heterocycles. The first-order valence-electron chi connectivity index (χ1n) is 12.3. The van der Waals surface area contributed by atoms with Crippen molar-refractivity contribution in [2.45, 2.75) is 32.6 Å². The average Bonchev–Trinajstić information content (AvgIpc) is 3.53. The summed E-state index contributed by atoms with van der Waals surface area (Å²) in [4.78, 5) is 12.8. The molecule has 0 saturated heterocycles. The van der Waals surface area contributed by atoms with Crippen LogP contribution in [-0.4, -0.2) is 52.7 Å². The molecule has 40 heavy (non-hydrogen) atoms. The molecule has 5 rings (SSSR count). The lowest BCUT2D eigenvalue weighted by molar-refractivity contribution is -0.140. The van der Waals surface area contributed by atoms with Gasteiger partial charge >= 0.3 is 6.18 Å². The van der Waals surface area contributed by atoms with Crippen molar-refractivity contribution in [3.05, 3.63) is 71.3 Å². The van der Waals surface area contributed by atoms with Crippen LogP contribution < -0.4 is 4.74 Å². The summed E-state index contributed by atoms with van der Waals surface area (Å²) in [6, 6.07) is 9.42. The lowest BCUT2D eigenvalue weighted by Crippen LogP contribution is -2.09. The highest BCUT2D eigenvalue weighted by Crippen LogP contribution is 2.36. The number of aromatic nitrogens is 6. The molecular formula is C27H24ClF3N6O3. The normalized spacial score (nSPS) is 12.0. The number of ether oxygens (including phenoxy) is 1. The van der Waals surface area contributed by atoms with Gasteiger partial charge in [0.1, 0.15) is 23.9 Å². The lowest BCUT2D eigenvalue weighted by atomic mass is 10.1. The quantitative estimate of drug-likeness (QED) is 0.244. The predicted octanol–water partition coefficient (Wildman–Crippen LogP) is 5.73. The van der Waals surface area contributed by atoms with E-state index in [4.69, 9.17) is 16.3 Å². The zero-order valence-electron chi connectivity index (χ0n) is 21.4. The van der Waals surface area contributed by atoms with E-state index in [0.717, 1.165) is 6.20 Å². The fourth-order valence-electron chi connectivity index (χ4n) is 4.25. The van der Waals surface area contributed by atoms with Crippen LogP contribution in [0, 0.1) is 0 Å². The van der Waals surface area contributed by atoms with Crippen molar-refractivity contribution in [2.24, 2.45) is 0 Å². The van der Waals surface area contributed by atoms with Gasteiger partial charge in [-0.25, -0.2) is 19.6 Å². The Labute approximate surface area is 231 Å². The molecule has 0 aliphatic carbocycles. The van der Waals surface area contributed by atoms with Crippen molar-refractivity contribution in [3.8, 4) is 34.3 Å². The van der Waals surface area contributed by atoms with Gasteiger partial charge in [-0.05, 0) is 32.0 Å². The second-order valence-corrected chi connectivity index (χ2v) is 9.66. The number of nitrogens with zero attached hydrogens (tertiary/aromatic N) is 6. The molecule has 208 valence electrons. The van der Waals surface area contributed by atoms with Crippen LogP contribution in [0.25, 0.3) is 33.8 Å². The molecule has 3 aromatic heterocycles. The van der Waals surface area contributed by atoms with Gasteiger partial charge in [-0.15, -0.1) is 0 Å². The number of fused-ring (bicyclic) bond motifs is 1. The monoisotopic (exact) mass is 572 g/mol. The number of phenolic OH excluding ortho intramolecular Hbond substituents is 1. The Hall–Kier alpha value is -4.16. The summed E-state index contributed by atoms with van der Waals surface area (Å²) in [7, 11) is 0. The summed E-state index contributed by atoms with van der Waals surface area (Å²) >= 11 is 6.28. The maximum atomic E-state index is 13.4. The van der Waals surface area contributed by atoms with Crippen LogP contribution >= 0.6 is 11.6 Å². The third-order valence-corrected chi connectivity index (χ3v) is 6.48. The van der Waals surface area contributed by atoms with Crippen LogP contribution in [0.15, 0.2) is 55.0 Å². The van der Waals surface area contributed by atoms with Crippen molar-refractivity contribution in [2.75, 3.05) is 13.2 Å². The second-order valence-electron chi connectivity index (χ2n) is 9.25. The van der Waals surface area contributed by atoms with Gasteiger partial charge in [-0.3, -0.25) is 0 Å². The van der Waals surface area contributed by atoms with Gasteiger partial charge in [0.2, 0.25) is 0 Å². The number of benzene rings is 2. The molecule has 0 amide bonds. The number of hydrogen-bond acceptors (Lipinski definition) is 7. The molecule has 0 saturated carbocycles. The van der Waals surface area contributed by atoms with Gasteiger partial charge in [0.05, 0.1) is 35.3 Å². The minimum Gasteiger partial charge on any atom is -0.507 e. The summed E-state index contributed by atoms with van der Waals surface area (Å²) < 4.78 is 49.1. The molecule has 3 heterocycles. The minimum atomic E-state index is -4.59. The summed E-state index contributed by atoms with van der Waals surface area (Å²) in [5.74, 6) is 0.636. The number of rotatable bonds is 8. The summed E-state index contributed by atoms with van der Waals surface area (Å²) in [5, 5.41) is 25.0. The molecule has 2 N–H and O–H groups in total. The number of aliphatic hydroxyl groups excluding tert-OH is 1. The van der Waals surface area contributed by atoms with Gasteiger partial charge < -0.3 is 19.5 Å². The van der Waals surface area contributed by atoms with E-state index in [-0.39, 0.29) is 53.8 Å². The molecule has 0 aliphatic rings. The van der Waals surface area contributed by atoms with Crippen LogP contribution in [0.2, 0.25) is 5.02 Å². The minimum absolute atomic E-state index is 0.0270. The van der Waals surface area contributed by atoms with Crippen LogP contribution in [0.1, 0.15) is 31.1 Å². The maximum absolute atomic E-state index is 13.4. The Morgan fingerprint density at radius 3 is 2.60 bits per heavy atom. The highest BCUT2D eigenvalue weighted by molar-refractivity contribution is 6.33. The third kappa shape index (κ3) is 5.32. The molecule has 5 aromatic rings. The second kappa shape index (κ2) is 10.8. The van der Waals surface area contributed by atoms with E-state index in [2.05, 4.69) is 20.1 Å². The average molecular weight is 573 g/mol. The Balaban J connectivity index is 1.55. The molecule has 0 fully saturated rings. The number of phenols is 1. The maximum Gasteiger partial charge on any atom is 0.434 e. The number of aliphatic hydroxyl groups is 1. The van der Waals surface area contributed by atoms with Crippen molar-refractivity contribution in [1.82, 2.24) is 29.3 Å². The van der Waals surface area contributed by atoms with E-state index in [0.29, 0.717) is 27.9 Å². The van der Waals surface area contributed by atoms with E-state index in [1.807, 2.05) is 0 Å². The molecule has 2 aromatic carbocycles. The molecule has 0 bridgehead atoms. The van der Waals surface area contributed by atoms with E-state index < -0.39 is 11.9 Å². The number of hydrogen-bond donors (Lipinski definition) is 2. The van der Waals surface area contributed by atoms with Crippen molar-refractivity contribution >= 4 is 22.6 Å². The summed E-state index contributed by atoms with van der Waals surface area (Å²) in [6.07, 6.45) is -0.438. The molecule has 9 nitrogen and oxygen atoms in total. The Morgan fingerprint density at radius 2 is 1.90 bits per heavy atom. The van der Waals surface area contributed by atoms with Gasteiger partial charge in [0.15, 0.2) is 17.2 Å². The van der Waals surface area contributed by atoms with Crippen molar-refractivity contribution in [1.29, 1.82) is 0 Å². The van der Waals surface area contributed by atoms with Gasteiger partial charge in [0, 0.05) is 29.6 Å². The predicted molar refractivity (Wildman–Crippen MR) is 142 cm³/mol. The van der Waals surface area contributed by atoms with Crippen LogP contribution in [0.4, 0.5) is 13.2 Å². The van der Waals surface area contributed by atoms with Crippen molar-refractivity contribution in [3.63, 3.8) is 0 Å². The molecule has 0 radical (unpaired) electrons. The van der Waals surface area contributed by atoms with Gasteiger partial charge in [0.25, 0.3) is 0 Å². The SMILES string of the molecule is CC(C)n1cc(C(F)(F)F)nc1-c1ccc(Cn2ncc3cnc(-c4c(O)cccc4Cl)nc32)c(OCCO)c1. The van der Waals surface area contributed by atoms with E-state index in [9.17, 15) is 23.4 Å². The Kier molecular flexibility index (Phi) is 7.39. The first-order chi connectivity index (χ1) is 19.1. The first-order valence-corrected chi connectivity index (χ1v) is 12.6. The Morgan fingerprint density at radius 1 is 1.10 bits per heavy atom. The highest BCUT2D eigenvalue weighted by atomic mass is 35.5. The van der Waals surface area contributed by atoms with E-state index in [1.54, 1.807) is 61.3 Å². The van der Waals surface area contributed by atoms with Crippen LogP contribution in [0.3, 0.4) is 0 Å². The fourth-order valence-corrected chi connectivity index (χ4v) is 4.50. The zero-order chi connectivity index (χ0) is 28.6. The first kappa shape index (κ1) is 27.4. The van der Waals surface area contributed by atoms with Gasteiger partial charge in [-0.2, -0.15) is 18.3 Å². The van der Waals surface area contributed by atoms with E-state index in [1.165, 1.54) is 10.6 Å². The molecule has 0 atom stereocenters. The van der Waals surface area contributed by atoms with Gasteiger partial charge in [-0.1, -0.05) is 29.8 Å². The molecule has 0 unspecified atom stereocenters. The number of alkyl halides is 3. The standard InChI is InChI=1S/C27H24ClF3N6O3/c1-15(2)36-14-22(27(29,30)31)34-25(36)16-6-7-17(21(10-16)40-9-8-38)13-37-26-18(12-33-37)11-32-24(35-26)23-19(28)4-3-5-20(23)39/h3-7,10-12,14-15,38-39H,8-9,13H2,1-2H3. The number of imidazole rings is 1. The smallest absolute Gasteiger partial charge is 0.434 e. The topological polar surface area (TPSA) is 111 Å². The number of halogens is 4. The largest absolute Gasteiger partial charge is 0.507 e. The van der Waals surface area contributed by atoms with Crippen molar-refractivity contribution < 1.29 is 28.1 Å². The third-order valence-electron chi connectivity index (χ3n) is 6.17. The lowest BCUT2D eigenvalue weighted by Gasteiger charge is -2.15. The highest BCUT2D eigenvalue weighted by Gasteiger charge is 2.35. The van der Waals surface area contributed by atoms with Crippen LogP contribution in [0.5, 0.6) is 11.5 Å². The zero-order valence-corrected chi connectivity index (χ0v) is 22.1. The molecule has 0 spiro atoms. The fraction of sp³-hybridized carbons (Fsp3) is 0.259. The summed E-state index contributed by atoms with van der Waals surface area (Å²) in [6.45, 7) is 3.43. The number of aromatic hydroxyl groups is 1.